The summed E-state index contributed by atoms with van der Waals surface area (Å²) in [7, 11) is 0. The van der Waals surface area contributed by atoms with E-state index in [1.807, 2.05) is 0 Å². The topological polar surface area (TPSA) is 68.3 Å². The van der Waals surface area contributed by atoms with Crippen molar-refractivity contribution < 1.29 is 14.3 Å². The predicted octanol–water partition coefficient (Wildman–Crippen LogP) is 3.65. The van der Waals surface area contributed by atoms with E-state index in [9.17, 15) is 9.59 Å². The predicted molar refractivity (Wildman–Crippen MR) is 84.5 cm³/mol. The van der Waals surface area contributed by atoms with Gasteiger partial charge in [-0.2, -0.15) is 0 Å². The van der Waals surface area contributed by atoms with Gasteiger partial charge in [0.05, 0.1) is 15.1 Å². The Morgan fingerprint density at radius 1 is 1.27 bits per heavy atom. The third-order valence-electron chi connectivity index (χ3n) is 3.47. The van der Waals surface area contributed by atoms with Crippen LogP contribution in [0.1, 0.15) is 43.1 Å². The largest absolute Gasteiger partial charge is 0.448 e. The Hall–Kier alpha value is -1.04. The molecule has 1 N–H and O–H groups in total. The molecule has 0 saturated heterocycles. The van der Waals surface area contributed by atoms with Crippen LogP contribution in [0.15, 0.2) is 6.20 Å². The van der Waals surface area contributed by atoms with Crippen molar-refractivity contribution in [3.63, 3.8) is 0 Å². The molecule has 1 aliphatic carbocycles. The fraction of sp³-hybridized carbons (Fsp3) is 0.500. The van der Waals surface area contributed by atoms with Crippen molar-refractivity contribution in [3.8, 4) is 0 Å². The fourth-order valence-corrected chi connectivity index (χ4v) is 2.80. The molecule has 2 rings (SSSR count). The van der Waals surface area contributed by atoms with Crippen molar-refractivity contribution >= 4 is 46.7 Å². The van der Waals surface area contributed by atoms with Crippen molar-refractivity contribution in [2.75, 3.05) is 0 Å². The number of nitrogens with zero attached hydrogens (tertiary/aromatic N) is 1. The average Bonchev–Trinajstić information content (AvgIpc) is 2.97. The Kier molecular flexibility index (Phi) is 5.89. The average molecular weight is 366 g/mol. The van der Waals surface area contributed by atoms with Crippen LogP contribution in [0.2, 0.25) is 15.1 Å². The molecule has 1 aromatic rings. The van der Waals surface area contributed by atoms with E-state index in [0.717, 1.165) is 25.7 Å². The van der Waals surface area contributed by atoms with Crippen molar-refractivity contribution in [1.82, 2.24) is 10.3 Å². The van der Waals surface area contributed by atoms with E-state index in [2.05, 4.69) is 10.3 Å². The van der Waals surface area contributed by atoms with Gasteiger partial charge in [-0.1, -0.05) is 47.6 Å². The Morgan fingerprint density at radius 3 is 2.55 bits per heavy atom. The molecule has 22 heavy (non-hydrogen) atoms. The van der Waals surface area contributed by atoms with Crippen molar-refractivity contribution in [2.45, 2.75) is 44.8 Å². The standard InChI is InChI=1S/C14H15Cl3N2O3/c1-7(13(20)19-8-4-2-3-5-8)22-14(21)12-11(17)10(16)9(15)6-18-12/h6-8H,2-5H2,1H3,(H,19,20)/t7-/m1/s1. The minimum Gasteiger partial charge on any atom is -0.448 e. The number of nitrogens with one attached hydrogen (secondary N) is 1. The second-order valence-electron chi connectivity index (χ2n) is 5.12. The lowest BCUT2D eigenvalue weighted by molar-refractivity contribution is -0.129. The Balaban J connectivity index is 1.98. The summed E-state index contributed by atoms with van der Waals surface area (Å²) >= 11 is 17.5. The van der Waals surface area contributed by atoms with Crippen LogP contribution in [-0.2, 0) is 9.53 Å². The summed E-state index contributed by atoms with van der Waals surface area (Å²) in [6.07, 6.45) is 4.36. The molecule has 120 valence electrons. The second kappa shape index (κ2) is 7.49. The highest BCUT2D eigenvalue weighted by molar-refractivity contribution is 6.48. The zero-order valence-corrected chi connectivity index (χ0v) is 14.1. The van der Waals surface area contributed by atoms with Gasteiger partial charge in [-0.25, -0.2) is 9.78 Å². The molecule has 5 nitrogen and oxygen atoms in total. The molecule has 1 heterocycles. The molecule has 1 saturated carbocycles. The van der Waals surface area contributed by atoms with E-state index in [0.29, 0.717) is 0 Å². The highest BCUT2D eigenvalue weighted by Gasteiger charge is 2.25. The third-order valence-corrected chi connectivity index (χ3v) is 4.71. The van der Waals surface area contributed by atoms with E-state index in [4.69, 9.17) is 39.5 Å². The second-order valence-corrected chi connectivity index (χ2v) is 6.28. The Labute approximate surface area is 143 Å². The van der Waals surface area contributed by atoms with Crippen LogP contribution in [0, 0.1) is 0 Å². The maximum Gasteiger partial charge on any atom is 0.359 e. The minimum atomic E-state index is -0.944. The zero-order chi connectivity index (χ0) is 16.3. The fourth-order valence-electron chi connectivity index (χ4n) is 2.24. The van der Waals surface area contributed by atoms with Gasteiger partial charge in [-0.15, -0.1) is 0 Å². The van der Waals surface area contributed by atoms with Crippen LogP contribution >= 0.6 is 34.8 Å². The van der Waals surface area contributed by atoms with Gasteiger partial charge >= 0.3 is 5.97 Å². The molecule has 1 aliphatic rings. The van der Waals surface area contributed by atoms with Gasteiger partial charge in [0.1, 0.15) is 0 Å². The Bertz CT molecular complexity index is 589. The smallest absolute Gasteiger partial charge is 0.359 e. The summed E-state index contributed by atoms with van der Waals surface area (Å²) in [5.74, 6) is -1.16. The number of pyridine rings is 1. The first-order valence-electron chi connectivity index (χ1n) is 6.91. The van der Waals surface area contributed by atoms with E-state index >= 15 is 0 Å². The van der Waals surface area contributed by atoms with Gasteiger partial charge in [-0.3, -0.25) is 4.79 Å². The molecule has 0 bridgehead atoms. The first-order valence-corrected chi connectivity index (χ1v) is 8.04. The number of rotatable bonds is 4. The molecule has 1 fully saturated rings. The van der Waals surface area contributed by atoms with Gasteiger partial charge in [0.2, 0.25) is 0 Å². The molecule has 8 heteroatoms. The first-order chi connectivity index (χ1) is 10.4. The molecule has 0 radical (unpaired) electrons. The van der Waals surface area contributed by atoms with Crippen molar-refractivity contribution in [3.05, 3.63) is 27.0 Å². The number of esters is 1. The van der Waals surface area contributed by atoms with E-state index in [1.165, 1.54) is 13.1 Å². The lowest BCUT2D eigenvalue weighted by Gasteiger charge is -2.17. The van der Waals surface area contributed by atoms with E-state index in [1.54, 1.807) is 0 Å². The molecule has 0 aromatic carbocycles. The highest BCUT2D eigenvalue weighted by atomic mass is 35.5. The molecular weight excluding hydrogens is 351 g/mol. The summed E-state index contributed by atoms with van der Waals surface area (Å²) in [6, 6.07) is 0.153. The van der Waals surface area contributed by atoms with Gasteiger partial charge in [0.15, 0.2) is 11.8 Å². The van der Waals surface area contributed by atoms with Crippen LogP contribution in [0.3, 0.4) is 0 Å². The van der Waals surface area contributed by atoms with Crippen LogP contribution in [0.5, 0.6) is 0 Å². The van der Waals surface area contributed by atoms with Crippen LogP contribution in [-0.4, -0.2) is 29.0 Å². The number of carbonyl (C=O) groups excluding carboxylic acids is 2. The zero-order valence-electron chi connectivity index (χ0n) is 11.9. The highest BCUT2D eigenvalue weighted by Crippen LogP contribution is 2.31. The number of amides is 1. The number of hydrogen-bond donors (Lipinski definition) is 1. The summed E-state index contributed by atoms with van der Waals surface area (Å²) in [6.45, 7) is 1.49. The minimum absolute atomic E-state index is 0.0216. The van der Waals surface area contributed by atoms with Crippen LogP contribution in [0.4, 0.5) is 0 Å². The lowest BCUT2D eigenvalue weighted by atomic mass is 10.2. The normalized spacial score (nSPS) is 16.4. The SMILES string of the molecule is C[C@@H](OC(=O)c1ncc(Cl)c(Cl)c1Cl)C(=O)NC1CCCC1. The molecule has 0 unspecified atom stereocenters. The third kappa shape index (κ3) is 4.03. The maximum absolute atomic E-state index is 12.0. The summed E-state index contributed by atoms with van der Waals surface area (Å²) in [5.41, 5.74) is -0.170. The molecule has 1 atom stereocenters. The number of halogens is 3. The molecule has 0 aliphatic heterocycles. The van der Waals surface area contributed by atoms with Gasteiger partial charge in [-0.05, 0) is 19.8 Å². The maximum atomic E-state index is 12.0. The molecular formula is C14H15Cl3N2O3. The number of hydrogen-bond acceptors (Lipinski definition) is 4. The quantitative estimate of drug-likeness (QED) is 0.827. The molecule has 1 aromatic heterocycles. The van der Waals surface area contributed by atoms with Gasteiger partial charge in [0, 0.05) is 12.2 Å². The number of ether oxygens (including phenoxy) is 1. The van der Waals surface area contributed by atoms with Crippen molar-refractivity contribution in [1.29, 1.82) is 0 Å². The first kappa shape index (κ1) is 17.3. The van der Waals surface area contributed by atoms with Crippen LogP contribution in [0.25, 0.3) is 0 Å². The lowest BCUT2D eigenvalue weighted by Crippen LogP contribution is -2.41. The summed E-state index contributed by atoms with van der Waals surface area (Å²) < 4.78 is 5.08. The molecule has 0 spiro atoms. The van der Waals surface area contributed by atoms with E-state index in [-0.39, 0.29) is 32.7 Å². The van der Waals surface area contributed by atoms with Gasteiger partial charge in [0.25, 0.3) is 5.91 Å². The molecule has 1 amide bonds. The van der Waals surface area contributed by atoms with Gasteiger partial charge < -0.3 is 10.1 Å². The van der Waals surface area contributed by atoms with Crippen LogP contribution < -0.4 is 5.32 Å². The number of aromatic nitrogens is 1. The van der Waals surface area contributed by atoms with Crippen molar-refractivity contribution in [2.24, 2.45) is 0 Å². The number of carbonyl (C=O) groups is 2. The summed E-state index contributed by atoms with van der Waals surface area (Å²) in [5, 5.41) is 2.92. The monoisotopic (exact) mass is 364 g/mol. The van der Waals surface area contributed by atoms with E-state index < -0.39 is 12.1 Å². The summed E-state index contributed by atoms with van der Waals surface area (Å²) in [4.78, 5) is 27.8. The Morgan fingerprint density at radius 2 is 1.91 bits per heavy atom.